The number of likely N-dealkylation sites (tertiary alicyclic amines) is 1. The standard InChI is InChI=1S/C25H31F2NO2/c1-16(30-15-18-20(26)8-6-9-21(18)27)14-28-12-11-25(4)19-7-5-10-22(29)17(19)13-23(28)24(25,2)3/h5-10,16,23,29H,11-15H2,1-4H3. The Bertz CT molecular complexity index is 924. The maximum Gasteiger partial charge on any atom is 0.131 e. The molecule has 0 radical (unpaired) electrons. The van der Waals surface area contributed by atoms with Crippen LogP contribution in [0.1, 0.15) is 50.8 Å². The van der Waals surface area contributed by atoms with Gasteiger partial charge < -0.3 is 9.84 Å². The number of rotatable bonds is 5. The van der Waals surface area contributed by atoms with Crippen LogP contribution in [-0.4, -0.2) is 35.2 Å². The van der Waals surface area contributed by atoms with Gasteiger partial charge in [0, 0.05) is 23.6 Å². The molecule has 1 N–H and O–H groups in total. The molecular formula is C25H31F2NO2. The first-order valence-electron chi connectivity index (χ1n) is 10.7. The molecule has 2 aromatic carbocycles. The number of phenolic OH excluding ortho intramolecular Hbond substituents is 1. The third kappa shape index (κ3) is 3.32. The Morgan fingerprint density at radius 2 is 1.80 bits per heavy atom. The van der Waals surface area contributed by atoms with Gasteiger partial charge in [-0.1, -0.05) is 39.0 Å². The molecule has 1 heterocycles. The lowest BCUT2D eigenvalue weighted by Crippen LogP contribution is -2.64. The van der Waals surface area contributed by atoms with Crippen LogP contribution in [0.15, 0.2) is 36.4 Å². The van der Waals surface area contributed by atoms with Gasteiger partial charge in [-0.05, 0) is 61.1 Å². The molecule has 0 saturated carbocycles. The van der Waals surface area contributed by atoms with Crippen LogP contribution in [0.2, 0.25) is 0 Å². The van der Waals surface area contributed by atoms with Gasteiger partial charge in [-0.2, -0.15) is 0 Å². The summed E-state index contributed by atoms with van der Waals surface area (Å²) in [4.78, 5) is 2.43. The third-order valence-electron chi connectivity index (χ3n) is 7.80. The van der Waals surface area contributed by atoms with Crippen LogP contribution >= 0.6 is 0 Å². The number of aromatic hydroxyl groups is 1. The van der Waals surface area contributed by atoms with Crippen molar-refractivity contribution in [2.24, 2.45) is 5.41 Å². The molecule has 2 bridgehead atoms. The first-order chi connectivity index (χ1) is 14.1. The summed E-state index contributed by atoms with van der Waals surface area (Å²) in [5.74, 6) is -0.770. The Morgan fingerprint density at radius 3 is 2.50 bits per heavy atom. The van der Waals surface area contributed by atoms with E-state index in [2.05, 4.69) is 31.7 Å². The molecule has 0 aromatic heterocycles. The van der Waals surface area contributed by atoms with Crippen LogP contribution in [-0.2, 0) is 23.2 Å². The van der Waals surface area contributed by atoms with Gasteiger partial charge in [-0.15, -0.1) is 0 Å². The second kappa shape index (κ2) is 7.61. The topological polar surface area (TPSA) is 32.7 Å². The van der Waals surface area contributed by atoms with Crippen molar-refractivity contribution < 1.29 is 18.6 Å². The molecule has 2 aliphatic rings. The van der Waals surface area contributed by atoms with Crippen molar-refractivity contribution in [1.29, 1.82) is 0 Å². The van der Waals surface area contributed by atoms with Gasteiger partial charge in [0.15, 0.2) is 0 Å². The van der Waals surface area contributed by atoms with E-state index in [1.807, 2.05) is 13.0 Å². The summed E-state index contributed by atoms with van der Waals surface area (Å²) in [5, 5.41) is 10.5. The first-order valence-corrected chi connectivity index (χ1v) is 10.7. The molecule has 1 fully saturated rings. The van der Waals surface area contributed by atoms with Crippen molar-refractivity contribution >= 4 is 0 Å². The van der Waals surface area contributed by atoms with Crippen molar-refractivity contribution in [2.45, 2.75) is 64.7 Å². The van der Waals surface area contributed by atoms with Crippen LogP contribution in [0.4, 0.5) is 8.78 Å². The van der Waals surface area contributed by atoms with Gasteiger partial charge >= 0.3 is 0 Å². The highest BCUT2D eigenvalue weighted by Crippen LogP contribution is 2.57. The number of halogens is 2. The van der Waals surface area contributed by atoms with Crippen molar-refractivity contribution in [1.82, 2.24) is 4.90 Å². The number of benzene rings is 2. The van der Waals surface area contributed by atoms with Gasteiger partial charge in [-0.25, -0.2) is 8.78 Å². The quantitative estimate of drug-likeness (QED) is 0.730. The van der Waals surface area contributed by atoms with Crippen molar-refractivity contribution in [2.75, 3.05) is 13.1 Å². The van der Waals surface area contributed by atoms with Crippen molar-refractivity contribution in [3.63, 3.8) is 0 Å². The number of piperidine rings is 1. The summed E-state index contributed by atoms with van der Waals surface area (Å²) in [6.07, 6.45) is 1.61. The lowest BCUT2D eigenvalue weighted by Gasteiger charge is -2.61. The zero-order chi connectivity index (χ0) is 21.7. The van der Waals surface area contributed by atoms with Gasteiger partial charge in [0.2, 0.25) is 0 Å². The monoisotopic (exact) mass is 415 g/mol. The summed E-state index contributed by atoms with van der Waals surface area (Å²) in [5.41, 5.74) is 2.30. The molecule has 5 heteroatoms. The number of ether oxygens (including phenoxy) is 1. The predicted molar refractivity (Wildman–Crippen MR) is 114 cm³/mol. The van der Waals surface area contributed by atoms with E-state index in [0.717, 1.165) is 24.9 Å². The average molecular weight is 416 g/mol. The zero-order valence-corrected chi connectivity index (χ0v) is 18.2. The molecule has 30 heavy (non-hydrogen) atoms. The Balaban J connectivity index is 1.51. The summed E-state index contributed by atoms with van der Waals surface area (Å²) >= 11 is 0. The number of hydrogen-bond donors (Lipinski definition) is 1. The molecular weight excluding hydrogens is 384 g/mol. The summed E-state index contributed by atoms with van der Waals surface area (Å²) in [7, 11) is 0. The smallest absolute Gasteiger partial charge is 0.131 e. The minimum absolute atomic E-state index is 0.0130. The zero-order valence-electron chi connectivity index (χ0n) is 18.2. The summed E-state index contributed by atoms with van der Waals surface area (Å²) in [6, 6.07) is 10.0. The van der Waals surface area contributed by atoms with Crippen LogP contribution in [0.5, 0.6) is 5.75 Å². The van der Waals surface area contributed by atoms with Gasteiger partial charge in [-0.3, -0.25) is 4.90 Å². The maximum atomic E-state index is 13.9. The van der Waals surface area contributed by atoms with E-state index in [4.69, 9.17) is 4.74 Å². The van der Waals surface area contributed by atoms with Gasteiger partial charge in [0.25, 0.3) is 0 Å². The fourth-order valence-corrected chi connectivity index (χ4v) is 5.53. The highest BCUT2D eigenvalue weighted by molar-refractivity contribution is 5.48. The molecule has 3 atom stereocenters. The minimum Gasteiger partial charge on any atom is -0.508 e. The third-order valence-corrected chi connectivity index (χ3v) is 7.80. The van der Waals surface area contributed by atoms with Gasteiger partial charge in [0.1, 0.15) is 17.4 Å². The minimum atomic E-state index is -0.573. The van der Waals surface area contributed by atoms with Crippen molar-refractivity contribution in [3.8, 4) is 5.75 Å². The molecule has 3 unspecified atom stereocenters. The molecule has 1 aliphatic heterocycles. The summed E-state index contributed by atoms with van der Waals surface area (Å²) in [6.45, 7) is 10.4. The lowest BCUT2D eigenvalue weighted by atomic mass is 9.51. The fourth-order valence-electron chi connectivity index (χ4n) is 5.53. The first kappa shape index (κ1) is 21.3. The maximum absolute atomic E-state index is 13.9. The molecule has 1 aliphatic carbocycles. The predicted octanol–water partition coefficient (Wildman–Crippen LogP) is 5.19. The second-order valence-corrected chi connectivity index (χ2v) is 9.64. The number of fused-ring (bicyclic) bond motifs is 4. The molecule has 3 nitrogen and oxygen atoms in total. The number of phenols is 1. The van der Waals surface area contributed by atoms with Crippen molar-refractivity contribution in [3.05, 3.63) is 64.7 Å². The lowest BCUT2D eigenvalue weighted by molar-refractivity contribution is -0.0655. The highest BCUT2D eigenvalue weighted by atomic mass is 19.1. The summed E-state index contributed by atoms with van der Waals surface area (Å²) < 4.78 is 33.6. The van der Waals surface area contributed by atoms with Crippen LogP contribution in [0.3, 0.4) is 0 Å². The Morgan fingerprint density at radius 1 is 1.13 bits per heavy atom. The van der Waals surface area contributed by atoms with E-state index in [0.29, 0.717) is 12.3 Å². The fraction of sp³-hybridized carbons (Fsp3) is 0.520. The average Bonchev–Trinajstić information content (AvgIpc) is 2.67. The van der Waals surface area contributed by atoms with E-state index >= 15 is 0 Å². The Kier molecular flexibility index (Phi) is 5.39. The Hall–Kier alpha value is -1.98. The normalized spacial score (nSPS) is 26.3. The second-order valence-electron chi connectivity index (χ2n) is 9.64. The van der Waals surface area contributed by atoms with E-state index in [1.54, 1.807) is 6.07 Å². The highest BCUT2D eigenvalue weighted by Gasteiger charge is 2.56. The SMILES string of the molecule is CC(CN1CCC2(C)c3cccc(O)c3CC1C2(C)C)OCc1c(F)cccc1F. The molecule has 162 valence electrons. The molecule has 0 spiro atoms. The van der Waals surface area contributed by atoms with Crippen LogP contribution < -0.4 is 0 Å². The van der Waals surface area contributed by atoms with Gasteiger partial charge in [0.05, 0.1) is 12.7 Å². The largest absolute Gasteiger partial charge is 0.508 e. The van der Waals surface area contributed by atoms with E-state index in [-0.39, 0.29) is 35.1 Å². The van der Waals surface area contributed by atoms with E-state index < -0.39 is 11.6 Å². The number of nitrogens with zero attached hydrogens (tertiary/aromatic N) is 1. The molecule has 4 rings (SSSR count). The van der Waals surface area contributed by atoms with E-state index in [9.17, 15) is 13.9 Å². The molecule has 1 saturated heterocycles. The Labute approximate surface area is 177 Å². The number of hydrogen-bond acceptors (Lipinski definition) is 3. The molecule has 0 amide bonds. The molecule has 2 aromatic rings. The van der Waals surface area contributed by atoms with Crippen LogP contribution in [0.25, 0.3) is 0 Å². The van der Waals surface area contributed by atoms with Crippen LogP contribution in [0, 0.1) is 17.0 Å². The van der Waals surface area contributed by atoms with E-state index in [1.165, 1.54) is 23.8 Å².